The lowest BCUT2D eigenvalue weighted by molar-refractivity contribution is 0.572. The normalized spacial score (nSPS) is 12.0. The minimum atomic E-state index is -0.804. The standard InChI is InChI=1S/C26H28N4P2/c1-25(2,3)22-20(18-9-5-4-6-10-18)12-11-19(17-31)21(22)26(32,23-27-13-7-14-28-23)24-29-15-8-16-30-24/h4-16H,17,31-32H2,1-3H3. The van der Waals surface area contributed by atoms with Crippen LogP contribution in [0.3, 0.4) is 0 Å². The molecule has 6 heteroatoms. The van der Waals surface area contributed by atoms with Gasteiger partial charge in [-0.05, 0) is 51.5 Å². The molecule has 0 N–H and O–H groups in total. The minimum absolute atomic E-state index is 0.151. The monoisotopic (exact) mass is 458 g/mol. The van der Waals surface area contributed by atoms with Crippen LogP contribution in [-0.2, 0) is 16.7 Å². The van der Waals surface area contributed by atoms with Crippen molar-refractivity contribution in [3.63, 3.8) is 0 Å². The lowest BCUT2D eigenvalue weighted by Crippen LogP contribution is -2.32. The lowest BCUT2D eigenvalue weighted by Gasteiger charge is -2.36. The Kier molecular flexibility index (Phi) is 6.47. The molecule has 2 aromatic heterocycles. The van der Waals surface area contributed by atoms with Gasteiger partial charge in [-0.15, -0.1) is 18.5 Å². The van der Waals surface area contributed by atoms with Crippen molar-refractivity contribution in [2.75, 3.05) is 0 Å². The molecule has 0 bridgehead atoms. The fourth-order valence-electron chi connectivity index (χ4n) is 4.23. The molecule has 4 nitrogen and oxygen atoms in total. The van der Waals surface area contributed by atoms with Gasteiger partial charge in [0.1, 0.15) is 16.8 Å². The Labute approximate surface area is 194 Å². The number of benzene rings is 2. The quantitative estimate of drug-likeness (QED) is 0.356. The maximum absolute atomic E-state index is 4.69. The van der Waals surface area contributed by atoms with E-state index in [9.17, 15) is 0 Å². The van der Waals surface area contributed by atoms with Crippen LogP contribution in [0.25, 0.3) is 11.1 Å². The van der Waals surface area contributed by atoms with E-state index in [-0.39, 0.29) is 5.41 Å². The summed E-state index contributed by atoms with van der Waals surface area (Å²) in [6, 6.07) is 18.7. The summed E-state index contributed by atoms with van der Waals surface area (Å²) in [7, 11) is 5.89. The van der Waals surface area contributed by atoms with E-state index < -0.39 is 5.16 Å². The second-order valence-electron chi connectivity index (χ2n) is 8.80. The minimum Gasteiger partial charge on any atom is -0.240 e. The Morgan fingerprint density at radius 1 is 0.688 bits per heavy atom. The molecule has 32 heavy (non-hydrogen) atoms. The molecular formula is C26H28N4P2. The molecular weight excluding hydrogens is 430 g/mol. The Balaban J connectivity index is 2.17. The van der Waals surface area contributed by atoms with Crippen molar-refractivity contribution in [3.05, 3.63) is 108 Å². The molecule has 0 saturated carbocycles. The summed E-state index contributed by atoms with van der Waals surface area (Å²) < 4.78 is 0. The maximum Gasteiger partial charge on any atom is 0.150 e. The first-order valence-electron chi connectivity index (χ1n) is 10.6. The Bertz CT molecular complexity index is 1150. The molecule has 2 unspecified atom stereocenters. The summed E-state index contributed by atoms with van der Waals surface area (Å²) in [6.45, 7) is 6.77. The van der Waals surface area contributed by atoms with E-state index in [0.717, 1.165) is 11.7 Å². The number of aromatic nitrogens is 4. The third-order valence-electron chi connectivity index (χ3n) is 5.58. The zero-order valence-corrected chi connectivity index (χ0v) is 21.0. The van der Waals surface area contributed by atoms with Crippen molar-refractivity contribution in [1.82, 2.24) is 19.9 Å². The van der Waals surface area contributed by atoms with E-state index >= 15 is 0 Å². The summed E-state index contributed by atoms with van der Waals surface area (Å²) in [5.41, 5.74) is 5.83. The first kappa shape index (κ1) is 22.6. The molecule has 0 aliphatic rings. The predicted octanol–water partition coefficient (Wildman–Crippen LogP) is 5.77. The molecule has 0 radical (unpaired) electrons. The van der Waals surface area contributed by atoms with Gasteiger partial charge in [0.05, 0.1) is 0 Å². The largest absolute Gasteiger partial charge is 0.240 e. The Morgan fingerprint density at radius 2 is 1.22 bits per heavy atom. The molecule has 0 saturated heterocycles. The molecule has 4 aromatic rings. The van der Waals surface area contributed by atoms with Crippen molar-refractivity contribution in [2.24, 2.45) is 0 Å². The highest BCUT2D eigenvalue weighted by Gasteiger charge is 2.43. The second-order valence-corrected chi connectivity index (χ2v) is 10.1. The van der Waals surface area contributed by atoms with Crippen molar-refractivity contribution in [3.8, 4) is 11.1 Å². The average Bonchev–Trinajstić information content (AvgIpc) is 2.83. The lowest BCUT2D eigenvalue weighted by atomic mass is 9.73. The highest BCUT2D eigenvalue weighted by atomic mass is 31.0. The zero-order chi connectivity index (χ0) is 22.8. The average molecular weight is 458 g/mol. The van der Waals surface area contributed by atoms with Gasteiger partial charge in [0.25, 0.3) is 0 Å². The van der Waals surface area contributed by atoms with Gasteiger partial charge in [0, 0.05) is 24.8 Å². The van der Waals surface area contributed by atoms with E-state index in [1.807, 2.05) is 18.2 Å². The molecule has 0 spiro atoms. The second kappa shape index (κ2) is 9.14. The number of hydrogen-bond acceptors (Lipinski definition) is 4. The van der Waals surface area contributed by atoms with Gasteiger partial charge in [-0.1, -0.05) is 63.2 Å². The molecule has 4 rings (SSSR count). The van der Waals surface area contributed by atoms with Crippen LogP contribution in [0.5, 0.6) is 0 Å². The molecule has 162 valence electrons. The first-order chi connectivity index (χ1) is 15.4. The Hall–Kier alpha value is -2.54. The summed E-state index contributed by atoms with van der Waals surface area (Å²) in [5, 5.41) is -0.804. The van der Waals surface area contributed by atoms with Crippen molar-refractivity contribution in [2.45, 2.75) is 37.5 Å². The third-order valence-corrected chi connectivity index (χ3v) is 6.82. The van der Waals surface area contributed by atoms with Gasteiger partial charge in [-0.3, -0.25) is 0 Å². The number of rotatable bonds is 5. The van der Waals surface area contributed by atoms with Crippen molar-refractivity contribution < 1.29 is 0 Å². The topological polar surface area (TPSA) is 51.6 Å². The van der Waals surface area contributed by atoms with Gasteiger partial charge in [0.15, 0.2) is 0 Å². The van der Waals surface area contributed by atoms with Crippen LogP contribution in [-0.4, -0.2) is 19.9 Å². The van der Waals surface area contributed by atoms with Crippen LogP contribution in [0.2, 0.25) is 0 Å². The molecule has 2 heterocycles. The fraction of sp³-hybridized carbons (Fsp3) is 0.231. The molecule has 0 aliphatic heterocycles. The molecule has 0 amide bonds. The molecule has 0 fully saturated rings. The van der Waals surface area contributed by atoms with Crippen LogP contribution >= 0.6 is 18.5 Å². The Morgan fingerprint density at radius 3 is 1.69 bits per heavy atom. The van der Waals surface area contributed by atoms with Crippen LogP contribution < -0.4 is 0 Å². The molecule has 0 aliphatic carbocycles. The molecule has 2 aromatic carbocycles. The van der Waals surface area contributed by atoms with Crippen LogP contribution in [0, 0.1) is 0 Å². The van der Waals surface area contributed by atoms with Gasteiger partial charge < -0.3 is 0 Å². The highest BCUT2D eigenvalue weighted by molar-refractivity contribution is 7.19. The summed E-state index contributed by atoms with van der Waals surface area (Å²) in [5.74, 6) is 1.32. The number of nitrogens with zero attached hydrogens (tertiary/aromatic N) is 4. The van der Waals surface area contributed by atoms with Crippen LogP contribution in [0.4, 0.5) is 0 Å². The summed E-state index contributed by atoms with van der Waals surface area (Å²) >= 11 is 0. The van der Waals surface area contributed by atoms with E-state index in [4.69, 9.17) is 0 Å². The smallest absolute Gasteiger partial charge is 0.150 e. The van der Waals surface area contributed by atoms with E-state index in [2.05, 4.69) is 95.6 Å². The first-order valence-corrected chi connectivity index (χ1v) is 12.0. The number of hydrogen-bond donors (Lipinski definition) is 0. The summed E-state index contributed by atoms with van der Waals surface area (Å²) in [4.78, 5) is 18.7. The fourth-order valence-corrected chi connectivity index (χ4v) is 5.20. The van der Waals surface area contributed by atoms with Gasteiger partial charge in [-0.25, -0.2) is 19.9 Å². The predicted molar refractivity (Wildman–Crippen MR) is 138 cm³/mol. The SMILES string of the molecule is CC(C)(C)c1c(-c2ccccc2)ccc(CP)c1C(P)(c1ncccn1)c1ncccn1. The van der Waals surface area contributed by atoms with Gasteiger partial charge in [0.2, 0.25) is 0 Å². The highest BCUT2D eigenvalue weighted by Crippen LogP contribution is 2.50. The van der Waals surface area contributed by atoms with E-state index in [1.54, 1.807) is 24.8 Å². The van der Waals surface area contributed by atoms with E-state index in [1.165, 1.54) is 22.3 Å². The zero-order valence-electron chi connectivity index (χ0n) is 18.7. The van der Waals surface area contributed by atoms with Gasteiger partial charge >= 0.3 is 0 Å². The molecule has 2 atom stereocenters. The third kappa shape index (κ3) is 4.10. The van der Waals surface area contributed by atoms with Crippen LogP contribution in [0.1, 0.15) is 49.1 Å². The van der Waals surface area contributed by atoms with Crippen molar-refractivity contribution in [1.29, 1.82) is 0 Å². The van der Waals surface area contributed by atoms with Gasteiger partial charge in [-0.2, -0.15) is 0 Å². The van der Waals surface area contributed by atoms with E-state index in [0.29, 0.717) is 11.6 Å². The van der Waals surface area contributed by atoms with Crippen LogP contribution in [0.15, 0.2) is 79.4 Å². The summed E-state index contributed by atoms with van der Waals surface area (Å²) in [6.07, 6.45) is 7.92. The van der Waals surface area contributed by atoms with Crippen molar-refractivity contribution >= 4 is 18.5 Å². The maximum atomic E-state index is 4.69.